The molecule has 0 amide bonds. The van der Waals surface area contributed by atoms with Crippen LogP contribution in [0.25, 0.3) is 0 Å². The highest BCUT2D eigenvalue weighted by atomic mass is 32.2. The van der Waals surface area contributed by atoms with Gasteiger partial charge in [-0.25, -0.2) is 0 Å². The van der Waals surface area contributed by atoms with E-state index in [1.54, 1.807) is 0 Å². The van der Waals surface area contributed by atoms with Crippen molar-refractivity contribution in [2.24, 2.45) is 4.99 Å². The average molecular weight is 185 g/mol. The first-order chi connectivity index (χ1) is 5.67. The first kappa shape index (κ1) is 10.1. The molecule has 0 N–H and O–H groups in total. The molecule has 2 heteroatoms. The molecule has 0 radical (unpaired) electrons. The lowest BCUT2D eigenvalue weighted by molar-refractivity contribution is 0.580. The van der Waals surface area contributed by atoms with Crippen LogP contribution in [0.1, 0.15) is 47.0 Å². The number of nitrogens with zero attached hydrogens (tertiary/aromatic N) is 1. The lowest BCUT2D eigenvalue weighted by Gasteiger charge is -2.21. The van der Waals surface area contributed by atoms with Crippen molar-refractivity contribution >= 4 is 17.5 Å². The fourth-order valence-electron chi connectivity index (χ4n) is 1.72. The molecule has 1 aliphatic rings. The number of hydrogen-bond acceptors (Lipinski definition) is 2. The van der Waals surface area contributed by atoms with Crippen LogP contribution in [0.4, 0.5) is 0 Å². The minimum absolute atomic E-state index is 0.227. The minimum atomic E-state index is 0.227. The van der Waals surface area contributed by atoms with Gasteiger partial charge < -0.3 is 0 Å². The van der Waals surface area contributed by atoms with Crippen LogP contribution in [0.5, 0.6) is 0 Å². The Morgan fingerprint density at radius 2 is 1.92 bits per heavy atom. The third-order valence-electron chi connectivity index (χ3n) is 2.68. The SMILES string of the molecule is CCC1=NC(CC)(CC)S[C@@H]1C. The second-order valence-electron chi connectivity index (χ2n) is 3.37. The van der Waals surface area contributed by atoms with Crippen molar-refractivity contribution < 1.29 is 0 Å². The largest absolute Gasteiger partial charge is 0.276 e. The molecule has 12 heavy (non-hydrogen) atoms. The van der Waals surface area contributed by atoms with Crippen molar-refractivity contribution in [2.75, 3.05) is 0 Å². The normalized spacial score (nSPS) is 27.3. The summed E-state index contributed by atoms with van der Waals surface area (Å²) in [6.07, 6.45) is 3.46. The summed E-state index contributed by atoms with van der Waals surface area (Å²) in [4.78, 5) is 5.06. The standard InChI is InChI=1S/C10H19NS/c1-5-9-8(4)12-10(6-2,7-3)11-9/h8H,5-7H2,1-4H3/t8-/m1/s1. The summed E-state index contributed by atoms with van der Waals surface area (Å²) in [6.45, 7) is 8.97. The number of thioether (sulfide) groups is 1. The van der Waals surface area contributed by atoms with E-state index in [1.165, 1.54) is 18.6 Å². The Labute approximate surface area is 80.0 Å². The van der Waals surface area contributed by atoms with E-state index in [0.717, 1.165) is 6.42 Å². The van der Waals surface area contributed by atoms with Gasteiger partial charge in [-0.15, -0.1) is 11.8 Å². The highest BCUT2D eigenvalue weighted by molar-refractivity contribution is 8.02. The predicted octanol–water partition coefficient (Wildman–Crippen LogP) is 3.49. The van der Waals surface area contributed by atoms with Crippen LogP contribution >= 0.6 is 11.8 Å². The van der Waals surface area contributed by atoms with Crippen molar-refractivity contribution in [3.8, 4) is 0 Å². The third kappa shape index (κ3) is 1.68. The molecule has 0 saturated carbocycles. The van der Waals surface area contributed by atoms with Gasteiger partial charge in [0.15, 0.2) is 0 Å². The van der Waals surface area contributed by atoms with Crippen LogP contribution in [0, 0.1) is 0 Å². The first-order valence-corrected chi connectivity index (χ1v) is 5.81. The molecule has 0 bridgehead atoms. The van der Waals surface area contributed by atoms with Crippen LogP contribution in [0.15, 0.2) is 4.99 Å². The summed E-state index contributed by atoms with van der Waals surface area (Å²) in [6, 6.07) is 0. The summed E-state index contributed by atoms with van der Waals surface area (Å²) < 4.78 is 0. The van der Waals surface area contributed by atoms with E-state index in [1.807, 2.05) is 11.8 Å². The molecule has 1 heterocycles. The number of hydrogen-bond donors (Lipinski definition) is 0. The van der Waals surface area contributed by atoms with Gasteiger partial charge in [-0.1, -0.05) is 20.8 Å². The average Bonchev–Trinajstić information content (AvgIpc) is 2.43. The Hall–Kier alpha value is 0.0200. The van der Waals surface area contributed by atoms with Crippen LogP contribution in [0.2, 0.25) is 0 Å². The lowest BCUT2D eigenvalue weighted by Crippen LogP contribution is -2.16. The van der Waals surface area contributed by atoms with Crippen LogP contribution in [0.3, 0.4) is 0 Å². The van der Waals surface area contributed by atoms with Crippen molar-refractivity contribution in [3.05, 3.63) is 0 Å². The zero-order valence-electron chi connectivity index (χ0n) is 8.55. The maximum atomic E-state index is 4.84. The van der Waals surface area contributed by atoms with Gasteiger partial charge in [0.2, 0.25) is 0 Å². The molecule has 0 aromatic heterocycles. The van der Waals surface area contributed by atoms with E-state index in [4.69, 9.17) is 4.99 Å². The molecule has 0 aromatic carbocycles. The van der Waals surface area contributed by atoms with Gasteiger partial charge in [0.25, 0.3) is 0 Å². The molecule has 0 aliphatic carbocycles. The molecule has 1 aliphatic heterocycles. The van der Waals surface area contributed by atoms with E-state index < -0.39 is 0 Å². The number of aliphatic imine (C=N–C) groups is 1. The van der Waals surface area contributed by atoms with E-state index in [9.17, 15) is 0 Å². The fourth-order valence-corrected chi connectivity index (χ4v) is 3.23. The predicted molar refractivity (Wildman–Crippen MR) is 58.1 cm³/mol. The zero-order chi connectivity index (χ0) is 9.19. The molecule has 0 spiro atoms. The van der Waals surface area contributed by atoms with Gasteiger partial charge in [0, 0.05) is 11.0 Å². The fraction of sp³-hybridized carbons (Fsp3) is 0.900. The van der Waals surface area contributed by atoms with Crippen molar-refractivity contribution in [3.63, 3.8) is 0 Å². The molecule has 1 rings (SSSR count). The van der Waals surface area contributed by atoms with Crippen molar-refractivity contribution in [1.29, 1.82) is 0 Å². The smallest absolute Gasteiger partial charge is 0.106 e. The third-order valence-corrected chi connectivity index (χ3v) is 4.41. The molecular weight excluding hydrogens is 166 g/mol. The molecule has 0 unspecified atom stereocenters. The van der Waals surface area contributed by atoms with Crippen molar-refractivity contribution in [1.82, 2.24) is 0 Å². The molecule has 0 saturated heterocycles. The molecule has 1 atom stereocenters. The second kappa shape index (κ2) is 3.82. The highest BCUT2D eigenvalue weighted by Gasteiger charge is 2.35. The summed E-state index contributed by atoms with van der Waals surface area (Å²) >= 11 is 2.04. The Morgan fingerprint density at radius 1 is 1.33 bits per heavy atom. The Kier molecular flexibility index (Phi) is 3.22. The molecule has 70 valence electrons. The van der Waals surface area contributed by atoms with Crippen LogP contribution in [-0.2, 0) is 0 Å². The van der Waals surface area contributed by atoms with E-state index in [-0.39, 0.29) is 4.87 Å². The summed E-state index contributed by atoms with van der Waals surface area (Å²) in [7, 11) is 0. The molecule has 0 aromatic rings. The van der Waals surface area contributed by atoms with Gasteiger partial charge in [-0.05, 0) is 26.2 Å². The summed E-state index contributed by atoms with van der Waals surface area (Å²) in [5.74, 6) is 0. The topological polar surface area (TPSA) is 12.4 Å². The zero-order valence-corrected chi connectivity index (χ0v) is 9.37. The van der Waals surface area contributed by atoms with Gasteiger partial charge in [0.1, 0.15) is 4.87 Å². The van der Waals surface area contributed by atoms with Gasteiger partial charge in [-0.2, -0.15) is 0 Å². The van der Waals surface area contributed by atoms with E-state index >= 15 is 0 Å². The molecular formula is C10H19NS. The monoisotopic (exact) mass is 185 g/mol. The van der Waals surface area contributed by atoms with Crippen LogP contribution < -0.4 is 0 Å². The molecule has 0 fully saturated rings. The first-order valence-electron chi connectivity index (χ1n) is 4.94. The Balaban J connectivity index is 2.78. The quantitative estimate of drug-likeness (QED) is 0.655. The maximum Gasteiger partial charge on any atom is 0.106 e. The lowest BCUT2D eigenvalue weighted by atomic mass is 10.1. The summed E-state index contributed by atoms with van der Waals surface area (Å²) in [5, 5.41) is 0.648. The van der Waals surface area contributed by atoms with E-state index in [0.29, 0.717) is 5.25 Å². The van der Waals surface area contributed by atoms with Crippen molar-refractivity contribution in [2.45, 2.75) is 57.1 Å². The Bertz CT molecular complexity index is 182. The Morgan fingerprint density at radius 3 is 2.17 bits per heavy atom. The van der Waals surface area contributed by atoms with Gasteiger partial charge >= 0.3 is 0 Å². The molecule has 1 nitrogen and oxygen atoms in total. The highest BCUT2D eigenvalue weighted by Crippen LogP contribution is 2.43. The maximum absolute atomic E-state index is 4.84. The van der Waals surface area contributed by atoms with Gasteiger partial charge in [-0.3, -0.25) is 4.99 Å². The number of rotatable bonds is 3. The van der Waals surface area contributed by atoms with Crippen LogP contribution in [-0.4, -0.2) is 15.8 Å². The minimum Gasteiger partial charge on any atom is -0.276 e. The second-order valence-corrected chi connectivity index (χ2v) is 5.07. The van der Waals surface area contributed by atoms with E-state index in [2.05, 4.69) is 27.7 Å². The van der Waals surface area contributed by atoms with Gasteiger partial charge in [0.05, 0.1) is 0 Å². The summed E-state index contributed by atoms with van der Waals surface area (Å²) in [5.41, 5.74) is 1.41.